The van der Waals surface area contributed by atoms with E-state index in [1.54, 1.807) is 0 Å². The van der Waals surface area contributed by atoms with E-state index in [0.717, 1.165) is 16.8 Å². The Bertz CT molecular complexity index is 848. The third kappa shape index (κ3) is 2.78. The number of aliphatic hydroxyl groups is 1. The van der Waals surface area contributed by atoms with Crippen LogP contribution in [0.15, 0.2) is 78.4 Å². The number of rotatable bonds is 4. The summed E-state index contributed by atoms with van der Waals surface area (Å²) in [6.07, 6.45) is 0. The van der Waals surface area contributed by atoms with Crippen LogP contribution in [0.1, 0.15) is 21.8 Å². The van der Waals surface area contributed by atoms with Crippen LogP contribution in [0.2, 0.25) is 0 Å². The quantitative estimate of drug-likeness (QED) is 0.715. The Hall–Kier alpha value is -2.45. The second kappa shape index (κ2) is 6.35. The average Bonchev–Trinajstić information content (AvgIpc) is 3.04. The summed E-state index contributed by atoms with van der Waals surface area (Å²) in [6.45, 7) is 5.74. The van der Waals surface area contributed by atoms with E-state index in [2.05, 4.69) is 17.3 Å². The normalized spacial score (nSPS) is 13.1. The van der Waals surface area contributed by atoms with E-state index in [9.17, 15) is 5.11 Å². The fourth-order valence-corrected chi connectivity index (χ4v) is 3.54. The van der Waals surface area contributed by atoms with Crippen LogP contribution in [0.5, 0.6) is 0 Å². The molecule has 0 aliphatic heterocycles. The largest absolute Gasteiger partial charge is 0.373 e. The molecule has 0 fully saturated rings. The van der Waals surface area contributed by atoms with Crippen LogP contribution in [0.25, 0.3) is 5.57 Å². The minimum atomic E-state index is -1.37. The predicted molar refractivity (Wildman–Crippen MR) is 95.3 cm³/mol. The second-order valence-corrected chi connectivity index (χ2v) is 6.15. The van der Waals surface area contributed by atoms with Gasteiger partial charge in [-0.3, -0.25) is 0 Å². The molecule has 2 aromatic carbocycles. The van der Waals surface area contributed by atoms with Gasteiger partial charge in [-0.25, -0.2) is 4.98 Å². The van der Waals surface area contributed by atoms with Gasteiger partial charge in [-0.15, -0.1) is 17.1 Å². The summed E-state index contributed by atoms with van der Waals surface area (Å²) in [7, 11) is 0. The highest BCUT2D eigenvalue weighted by molar-refractivity contribution is 7.10. The van der Waals surface area contributed by atoms with Crippen molar-refractivity contribution in [2.45, 2.75) is 12.5 Å². The Morgan fingerprint density at radius 2 is 1.70 bits per heavy atom. The molecule has 0 saturated carbocycles. The molecule has 0 spiro atoms. The molecule has 3 heteroatoms. The van der Waals surface area contributed by atoms with Gasteiger partial charge >= 0.3 is 0 Å². The topological polar surface area (TPSA) is 33.1 Å². The number of aryl methyl sites for hydroxylation is 1. The molecule has 23 heavy (non-hydrogen) atoms. The van der Waals surface area contributed by atoms with Gasteiger partial charge in [0.05, 0.1) is 0 Å². The first-order valence-corrected chi connectivity index (χ1v) is 8.20. The maximum atomic E-state index is 11.7. The van der Waals surface area contributed by atoms with E-state index in [-0.39, 0.29) is 0 Å². The van der Waals surface area contributed by atoms with Gasteiger partial charge in [0, 0.05) is 16.6 Å². The minimum Gasteiger partial charge on any atom is -0.373 e. The summed E-state index contributed by atoms with van der Waals surface area (Å²) in [5.41, 5.74) is 4.70. The molecule has 1 aromatic heterocycles. The summed E-state index contributed by atoms with van der Waals surface area (Å²) in [5.74, 6) is 0. The molecule has 1 atom stereocenters. The molecular formula is C20H17NOS. The standard InChI is InChI=1S/C20H17NOS/c1-3-18(16-10-6-4-7-11-16)20(22,17-12-8-5-9-13-17)19-21-15(2)14-23-19/h4-14,22H,1H2,2H3. The lowest BCUT2D eigenvalue weighted by molar-refractivity contribution is 0.145. The lowest BCUT2D eigenvalue weighted by Crippen LogP contribution is -2.28. The summed E-state index contributed by atoms with van der Waals surface area (Å²) in [6, 6.07) is 19.3. The monoisotopic (exact) mass is 319 g/mol. The van der Waals surface area contributed by atoms with Crippen molar-refractivity contribution in [2.75, 3.05) is 0 Å². The van der Waals surface area contributed by atoms with E-state index >= 15 is 0 Å². The van der Waals surface area contributed by atoms with Crippen LogP contribution in [0.3, 0.4) is 0 Å². The smallest absolute Gasteiger partial charge is 0.174 e. The Kier molecular flexibility index (Phi) is 4.26. The van der Waals surface area contributed by atoms with Crippen molar-refractivity contribution in [2.24, 2.45) is 0 Å². The van der Waals surface area contributed by atoms with E-state index in [1.165, 1.54) is 11.3 Å². The molecule has 0 aliphatic carbocycles. The second-order valence-electron chi connectivity index (χ2n) is 5.29. The first kappa shape index (κ1) is 15.4. The molecule has 2 nitrogen and oxygen atoms in total. The first-order valence-electron chi connectivity index (χ1n) is 7.32. The zero-order valence-electron chi connectivity index (χ0n) is 12.9. The molecule has 1 unspecified atom stereocenters. The summed E-state index contributed by atoms with van der Waals surface area (Å²) in [4.78, 5) is 4.53. The van der Waals surface area contributed by atoms with E-state index in [0.29, 0.717) is 10.6 Å². The van der Waals surface area contributed by atoms with Gasteiger partial charge in [-0.2, -0.15) is 0 Å². The molecule has 0 saturated heterocycles. The van der Waals surface area contributed by atoms with Gasteiger partial charge in [-0.05, 0) is 18.1 Å². The lowest BCUT2D eigenvalue weighted by atomic mass is 9.83. The third-order valence-electron chi connectivity index (χ3n) is 3.72. The number of aromatic nitrogens is 1. The fourth-order valence-electron chi connectivity index (χ4n) is 2.62. The lowest BCUT2D eigenvalue weighted by Gasteiger charge is -2.28. The minimum absolute atomic E-state index is 0.610. The van der Waals surface area contributed by atoms with Crippen LogP contribution in [0, 0.1) is 6.92 Å². The van der Waals surface area contributed by atoms with Crippen LogP contribution < -0.4 is 0 Å². The Balaban J connectivity index is 2.26. The van der Waals surface area contributed by atoms with Crippen molar-refractivity contribution in [1.29, 1.82) is 0 Å². The van der Waals surface area contributed by atoms with E-state index < -0.39 is 5.60 Å². The summed E-state index contributed by atoms with van der Waals surface area (Å²) in [5, 5.41) is 14.2. The first-order chi connectivity index (χ1) is 11.2. The zero-order valence-corrected chi connectivity index (χ0v) is 13.7. The van der Waals surface area contributed by atoms with Crippen molar-refractivity contribution in [3.63, 3.8) is 0 Å². The molecule has 1 heterocycles. The number of benzene rings is 2. The molecule has 0 radical (unpaired) electrons. The van der Waals surface area contributed by atoms with Crippen molar-refractivity contribution in [3.8, 4) is 0 Å². The molecule has 0 aliphatic rings. The Morgan fingerprint density at radius 3 is 2.22 bits per heavy atom. The van der Waals surface area contributed by atoms with E-state index in [1.807, 2.05) is 73.0 Å². The molecule has 0 bridgehead atoms. The summed E-state index contributed by atoms with van der Waals surface area (Å²) >= 11 is 1.44. The average molecular weight is 319 g/mol. The van der Waals surface area contributed by atoms with Crippen LogP contribution >= 0.6 is 11.3 Å². The van der Waals surface area contributed by atoms with Gasteiger partial charge in [0.2, 0.25) is 0 Å². The number of thiazole rings is 1. The highest BCUT2D eigenvalue weighted by Gasteiger charge is 2.39. The van der Waals surface area contributed by atoms with Crippen molar-refractivity contribution < 1.29 is 5.11 Å². The van der Waals surface area contributed by atoms with Crippen molar-refractivity contribution >= 4 is 16.9 Å². The Labute approximate surface area is 140 Å². The van der Waals surface area contributed by atoms with Gasteiger partial charge < -0.3 is 5.11 Å². The SMILES string of the molecule is C=C=C(c1ccccc1)C(O)(c1ccccc1)c1nc(C)cs1. The number of hydrogen-bond acceptors (Lipinski definition) is 3. The van der Waals surface area contributed by atoms with Gasteiger partial charge in [0.1, 0.15) is 5.01 Å². The van der Waals surface area contributed by atoms with Gasteiger partial charge in [0.25, 0.3) is 0 Å². The van der Waals surface area contributed by atoms with Gasteiger partial charge in [0.15, 0.2) is 5.60 Å². The molecular weight excluding hydrogens is 302 g/mol. The maximum absolute atomic E-state index is 11.7. The van der Waals surface area contributed by atoms with Gasteiger partial charge in [-0.1, -0.05) is 67.2 Å². The number of nitrogens with zero attached hydrogens (tertiary/aromatic N) is 1. The maximum Gasteiger partial charge on any atom is 0.174 e. The highest BCUT2D eigenvalue weighted by atomic mass is 32.1. The zero-order chi connectivity index (χ0) is 16.3. The molecule has 3 rings (SSSR count). The highest BCUT2D eigenvalue weighted by Crippen LogP contribution is 2.42. The predicted octanol–water partition coefficient (Wildman–Crippen LogP) is 4.56. The Morgan fingerprint density at radius 1 is 1.09 bits per heavy atom. The van der Waals surface area contributed by atoms with Crippen LogP contribution in [-0.4, -0.2) is 10.1 Å². The summed E-state index contributed by atoms with van der Waals surface area (Å²) < 4.78 is 0. The van der Waals surface area contributed by atoms with Crippen molar-refractivity contribution in [1.82, 2.24) is 4.98 Å². The molecule has 1 N–H and O–H groups in total. The molecule has 0 amide bonds. The van der Waals surface area contributed by atoms with Crippen LogP contribution in [0.4, 0.5) is 0 Å². The van der Waals surface area contributed by atoms with Crippen LogP contribution in [-0.2, 0) is 5.60 Å². The number of hydrogen-bond donors (Lipinski definition) is 1. The van der Waals surface area contributed by atoms with Crippen molar-refractivity contribution in [3.05, 3.63) is 100 Å². The molecule has 114 valence electrons. The fraction of sp³-hybridized carbons (Fsp3) is 0.100. The third-order valence-corrected chi connectivity index (χ3v) is 4.79. The van der Waals surface area contributed by atoms with E-state index in [4.69, 9.17) is 0 Å². The molecule has 3 aromatic rings.